The number of piperazine rings is 1. The maximum absolute atomic E-state index is 10.1. The van der Waals surface area contributed by atoms with E-state index in [-0.39, 0.29) is 29.1 Å². The van der Waals surface area contributed by atoms with E-state index in [9.17, 15) is 5.26 Å². The van der Waals surface area contributed by atoms with E-state index in [0.717, 1.165) is 88.2 Å². The Morgan fingerprint density at radius 3 is 2.73 bits per heavy atom. The van der Waals surface area contributed by atoms with Gasteiger partial charge in [0.1, 0.15) is 34.8 Å². The number of nitrogen functional groups attached to an aromatic ring is 1. The third-order valence-electron chi connectivity index (χ3n) is 11.8. The SMILES string of the molecule is C[C@H](Oc1cc(N2CCN(C)C3(CC3)C2)nc(C2=NO[C@@H]3C2CCC[C@@]32CCCc3sc(N)c(C#N)c32)n1)[C@@H]1CCCN1C. The Hall–Kier alpha value is -2.94. The molecular formula is C33H44N8O2S. The van der Waals surface area contributed by atoms with Crippen molar-refractivity contribution in [2.75, 3.05) is 50.9 Å². The Labute approximate surface area is 264 Å². The first kappa shape index (κ1) is 28.5. The Morgan fingerprint density at radius 2 is 1.95 bits per heavy atom. The molecule has 10 nitrogen and oxygen atoms in total. The van der Waals surface area contributed by atoms with Crippen molar-refractivity contribution in [1.29, 1.82) is 5.26 Å². The van der Waals surface area contributed by atoms with Gasteiger partial charge >= 0.3 is 0 Å². The van der Waals surface area contributed by atoms with Gasteiger partial charge in [-0.25, -0.2) is 4.98 Å². The van der Waals surface area contributed by atoms with Crippen molar-refractivity contribution in [2.24, 2.45) is 11.1 Å². The van der Waals surface area contributed by atoms with Crippen LogP contribution in [-0.2, 0) is 16.7 Å². The second kappa shape index (κ2) is 10.6. The van der Waals surface area contributed by atoms with Crippen molar-refractivity contribution >= 4 is 27.9 Å². The number of aromatic nitrogens is 2. The molecule has 0 aromatic carbocycles. The van der Waals surface area contributed by atoms with Crippen molar-refractivity contribution in [3.8, 4) is 11.9 Å². The number of hydrogen-bond donors (Lipinski definition) is 1. The molecule has 5 heterocycles. The van der Waals surface area contributed by atoms with E-state index in [1.54, 1.807) is 11.3 Å². The molecule has 3 aliphatic heterocycles. The van der Waals surface area contributed by atoms with Gasteiger partial charge in [0.15, 0.2) is 5.82 Å². The van der Waals surface area contributed by atoms with Crippen molar-refractivity contribution in [1.82, 2.24) is 19.8 Å². The highest BCUT2D eigenvalue weighted by Gasteiger charge is 2.57. The first-order chi connectivity index (χ1) is 21.3. The monoisotopic (exact) mass is 616 g/mol. The zero-order valence-electron chi connectivity index (χ0n) is 26.2. The van der Waals surface area contributed by atoms with Gasteiger partial charge in [-0.05, 0) is 90.9 Å². The predicted octanol–water partition coefficient (Wildman–Crippen LogP) is 4.32. The summed E-state index contributed by atoms with van der Waals surface area (Å²) in [5.74, 6) is 2.23. The number of nitrogens with two attached hydrogens (primary N) is 1. The number of likely N-dealkylation sites (tertiary alicyclic amines) is 1. The lowest BCUT2D eigenvalue weighted by Crippen LogP contribution is -2.53. The summed E-state index contributed by atoms with van der Waals surface area (Å²) >= 11 is 1.59. The summed E-state index contributed by atoms with van der Waals surface area (Å²) in [5, 5.41) is 15.5. The van der Waals surface area contributed by atoms with Gasteiger partial charge in [0.2, 0.25) is 5.88 Å². The maximum Gasteiger partial charge on any atom is 0.219 e. The number of oxime groups is 1. The molecule has 11 heteroatoms. The Balaban J connectivity index is 1.14. The third-order valence-corrected chi connectivity index (χ3v) is 12.9. The highest BCUT2D eigenvalue weighted by molar-refractivity contribution is 7.16. The van der Waals surface area contributed by atoms with Crippen LogP contribution in [0.5, 0.6) is 5.88 Å². The van der Waals surface area contributed by atoms with Gasteiger partial charge in [-0.1, -0.05) is 11.6 Å². The summed E-state index contributed by atoms with van der Waals surface area (Å²) < 4.78 is 6.64. The van der Waals surface area contributed by atoms with Gasteiger partial charge in [0, 0.05) is 53.5 Å². The molecule has 2 aromatic rings. The third kappa shape index (κ3) is 4.43. The van der Waals surface area contributed by atoms with Gasteiger partial charge in [-0.3, -0.25) is 9.80 Å². The van der Waals surface area contributed by atoms with Gasteiger partial charge in [-0.15, -0.1) is 11.3 Å². The average Bonchev–Trinajstić information content (AvgIpc) is 3.30. The number of ether oxygens (including phenoxy) is 1. The molecule has 6 aliphatic rings. The predicted molar refractivity (Wildman–Crippen MR) is 171 cm³/mol. The van der Waals surface area contributed by atoms with Crippen LogP contribution in [0.1, 0.15) is 86.5 Å². The summed E-state index contributed by atoms with van der Waals surface area (Å²) in [5.41, 5.74) is 9.02. The van der Waals surface area contributed by atoms with E-state index < -0.39 is 0 Å². The fraction of sp³-hybridized carbons (Fsp3) is 0.697. The van der Waals surface area contributed by atoms with Crippen LogP contribution in [0.3, 0.4) is 0 Å². The van der Waals surface area contributed by atoms with Gasteiger partial charge in [0.25, 0.3) is 0 Å². The topological polar surface area (TPSA) is 116 Å². The number of thiophene rings is 1. The van der Waals surface area contributed by atoms with Gasteiger partial charge in [-0.2, -0.15) is 10.2 Å². The molecule has 2 saturated carbocycles. The number of anilines is 2. The van der Waals surface area contributed by atoms with Gasteiger partial charge in [0.05, 0.1) is 5.56 Å². The van der Waals surface area contributed by atoms with E-state index in [4.69, 9.17) is 30.4 Å². The first-order valence-electron chi connectivity index (χ1n) is 16.6. The van der Waals surface area contributed by atoms with Crippen molar-refractivity contribution < 1.29 is 9.57 Å². The fourth-order valence-electron chi connectivity index (χ4n) is 9.18. The fourth-order valence-corrected chi connectivity index (χ4v) is 10.4. The summed E-state index contributed by atoms with van der Waals surface area (Å²) in [7, 11) is 4.44. The lowest BCUT2D eigenvalue weighted by Gasteiger charge is -2.46. The molecule has 0 bridgehead atoms. The molecule has 3 aliphatic carbocycles. The minimum atomic E-state index is -0.255. The average molecular weight is 617 g/mol. The van der Waals surface area contributed by atoms with Crippen molar-refractivity contribution in [2.45, 2.75) is 100 Å². The van der Waals surface area contributed by atoms with E-state index in [2.05, 4.69) is 41.8 Å². The number of hydrogen-bond acceptors (Lipinski definition) is 11. The number of nitriles is 1. The summed E-state index contributed by atoms with van der Waals surface area (Å²) in [6, 6.07) is 4.87. The van der Waals surface area contributed by atoms with Crippen molar-refractivity contribution in [3.05, 3.63) is 27.9 Å². The Bertz CT molecular complexity index is 1530. The van der Waals surface area contributed by atoms with E-state index in [1.807, 2.05) is 6.07 Å². The molecule has 0 amide bonds. The summed E-state index contributed by atoms with van der Waals surface area (Å²) in [4.78, 5) is 25.3. The quantitative estimate of drug-likeness (QED) is 0.525. The number of nitrogens with zero attached hydrogens (tertiary/aromatic N) is 7. The smallest absolute Gasteiger partial charge is 0.219 e. The maximum atomic E-state index is 10.1. The largest absolute Gasteiger partial charge is 0.473 e. The molecule has 2 saturated heterocycles. The molecule has 8 rings (SSSR count). The zero-order valence-corrected chi connectivity index (χ0v) is 27.0. The molecule has 2 spiro atoms. The molecule has 1 unspecified atom stereocenters. The Kier molecular flexibility index (Phi) is 6.85. The van der Waals surface area contributed by atoms with Gasteiger partial charge < -0.3 is 20.2 Å². The second-order valence-corrected chi connectivity index (χ2v) is 15.4. The van der Waals surface area contributed by atoms with Crippen LogP contribution in [-0.4, -0.2) is 89.5 Å². The van der Waals surface area contributed by atoms with Crippen LogP contribution in [0.4, 0.5) is 10.8 Å². The molecule has 2 N–H and O–H groups in total. The molecule has 0 radical (unpaired) electrons. The minimum absolute atomic E-state index is 0.0157. The molecule has 234 valence electrons. The number of aryl methyl sites for hydroxylation is 1. The van der Waals surface area contributed by atoms with Crippen molar-refractivity contribution in [3.63, 3.8) is 0 Å². The standard InChI is InChI=1S/C33H44N8O2S/c1-20(23-8-6-14-39(23)2)42-26-17-25(41-16-15-40(3)32(19-41)12-13-32)36-31(37-26)28-21-7-4-10-33(29(21)43-38-28)11-5-9-24-27(33)22(18-34)30(35)44-24/h17,20-21,23,29H,4-16,19,35H2,1-3H3/t20-,21?,23-,29+,33-/m0/s1. The molecule has 44 heavy (non-hydrogen) atoms. The highest BCUT2D eigenvalue weighted by atomic mass is 32.1. The lowest BCUT2D eigenvalue weighted by atomic mass is 9.58. The van der Waals surface area contributed by atoms with Crippen LogP contribution >= 0.6 is 11.3 Å². The molecule has 4 fully saturated rings. The van der Waals surface area contributed by atoms with Crippen LogP contribution in [0.2, 0.25) is 0 Å². The minimum Gasteiger partial charge on any atom is -0.473 e. The van der Waals surface area contributed by atoms with Crippen LogP contribution in [0.25, 0.3) is 0 Å². The molecule has 2 aromatic heterocycles. The normalized spacial score (nSPS) is 31.7. The lowest BCUT2D eigenvalue weighted by molar-refractivity contribution is -0.0303. The van der Waals surface area contributed by atoms with Crippen LogP contribution in [0, 0.1) is 17.2 Å². The zero-order chi connectivity index (χ0) is 30.2. The first-order valence-corrected chi connectivity index (χ1v) is 17.4. The number of fused-ring (bicyclic) bond motifs is 4. The number of likely N-dealkylation sites (N-methyl/N-ethyl adjacent to an activating group) is 2. The van der Waals surface area contributed by atoms with Crippen LogP contribution in [0.15, 0.2) is 11.2 Å². The summed E-state index contributed by atoms with van der Waals surface area (Å²) in [6.07, 6.45) is 10.7. The van der Waals surface area contributed by atoms with E-state index in [1.165, 1.54) is 24.1 Å². The number of rotatable bonds is 5. The van der Waals surface area contributed by atoms with E-state index >= 15 is 0 Å². The van der Waals surface area contributed by atoms with E-state index in [0.29, 0.717) is 28.3 Å². The summed E-state index contributed by atoms with van der Waals surface area (Å²) in [6.45, 7) is 6.18. The molecular weight excluding hydrogens is 572 g/mol. The highest BCUT2D eigenvalue weighted by Crippen LogP contribution is 2.56. The second-order valence-electron chi connectivity index (χ2n) is 14.2. The Morgan fingerprint density at radius 1 is 1.11 bits per heavy atom. The molecule has 5 atom stereocenters. The van der Waals surface area contributed by atoms with Crippen LogP contribution < -0.4 is 15.4 Å².